The third-order valence-electron chi connectivity index (χ3n) is 4.33. The zero-order valence-corrected chi connectivity index (χ0v) is 15.0. The fourth-order valence-electron chi connectivity index (χ4n) is 2.64. The summed E-state index contributed by atoms with van der Waals surface area (Å²) in [6.07, 6.45) is 0. The molecule has 0 saturated carbocycles. The van der Waals surface area contributed by atoms with E-state index in [4.69, 9.17) is 4.74 Å². The van der Waals surface area contributed by atoms with Gasteiger partial charge in [0.25, 0.3) is 5.91 Å². The highest BCUT2D eigenvalue weighted by Crippen LogP contribution is 2.21. The molecule has 24 heavy (non-hydrogen) atoms. The number of urea groups is 1. The largest absolute Gasteiger partial charge is 0.493 e. The lowest BCUT2D eigenvalue weighted by molar-refractivity contribution is 0.0634. The number of nitrogens with zero attached hydrogens (tertiary/aromatic N) is 3. The Morgan fingerprint density at radius 1 is 1.12 bits per heavy atom. The minimum Gasteiger partial charge on any atom is -0.493 e. The van der Waals surface area contributed by atoms with Crippen molar-refractivity contribution in [2.24, 2.45) is 0 Å². The molecule has 0 atom stereocenters. The molecule has 1 saturated heterocycles. The van der Waals surface area contributed by atoms with E-state index in [0.717, 1.165) is 0 Å². The van der Waals surface area contributed by atoms with Crippen LogP contribution in [-0.4, -0.2) is 72.5 Å². The maximum absolute atomic E-state index is 12.7. The van der Waals surface area contributed by atoms with Gasteiger partial charge in [-0.15, -0.1) is 0 Å². The Morgan fingerprint density at radius 3 is 2.29 bits per heavy atom. The molecule has 0 spiro atoms. The highest BCUT2D eigenvalue weighted by atomic mass is 16.5. The summed E-state index contributed by atoms with van der Waals surface area (Å²) in [6.45, 7) is 8.58. The van der Waals surface area contributed by atoms with E-state index in [-0.39, 0.29) is 18.0 Å². The Labute approximate surface area is 144 Å². The second-order valence-corrected chi connectivity index (χ2v) is 6.20. The smallest absolute Gasteiger partial charge is 0.320 e. The van der Waals surface area contributed by atoms with Crippen molar-refractivity contribution < 1.29 is 14.3 Å². The van der Waals surface area contributed by atoms with Crippen molar-refractivity contribution in [3.63, 3.8) is 0 Å². The second-order valence-electron chi connectivity index (χ2n) is 6.20. The number of amides is 3. The first kappa shape index (κ1) is 18.1. The van der Waals surface area contributed by atoms with Gasteiger partial charge >= 0.3 is 6.03 Å². The number of benzene rings is 1. The van der Waals surface area contributed by atoms with E-state index in [9.17, 15) is 9.59 Å². The van der Waals surface area contributed by atoms with Crippen LogP contribution >= 0.6 is 0 Å². The summed E-state index contributed by atoms with van der Waals surface area (Å²) in [6, 6.07) is 7.49. The lowest BCUT2D eigenvalue weighted by Crippen LogP contribution is -2.54. The molecule has 0 aliphatic carbocycles. The zero-order valence-electron chi connectivity index (χ0n) is 15.0. The highest BCUT2D eigenvalue weighted by Gasteiger charge is 2.28. The van der Waals surface area contributed by atoms with Crippen LogP contribution in [0.4, 0.5) is 4.79 Å². The number of carbonyl (C=O) groups excluding carboxylic acids is 2. The minimum absolute atomic E-state index is 0.0202. The van der Waals surface area contributed by atoms with Crippen molar-refractivity contribution in [3.8, 4) is 5.75 Å². The molecule has 1 aliphatic heterocycles. The van der Waals surface area contributed by atoms with E-state index >= 15 is 0 Å². The molecule has 0 radical (unpaired) electrons. The number of hydrogen-bond donors (Lipinski definition) is 0. The summed E-state index contributed by atoms with van der Waals surface area (Å²) in [5.41, 5.74) is 0.582. The van der Waals surface area contributed by atoms with Gasteiger partial charge in [0, 0.05) is 39.3 Å². The summed E-state index contributed by atoms with van der Waals surface area (Å²) < 4.78 is 5.55. The summed E-state index contributed by atoms with van der Waals surface area (Å²) in [4.78, 5) is 30.4. The third kappa shape index (κ3) is 3.99. The van der Waals surface area contributed by atoms with Crippen molar-refractivity contribution in [2.45, 2.75) is 26.8 Å². The molecule has 1 fully saturated rings. The van der Waals surface area contributed by atoms with E-state index in [2.05, 4.69) is 0 Å². The van der Waals surface area contributed by atoms with Crippen LogP contribution in [0.25, 0.3) is 0 Å². The van der Waals surface area contributed by atoms with Gasteiger partial charge in [-0.25, -0.2) is 4.79 Å². The number of piperazine rings is 1. The average molecular weight is 333 g/mol. The lowest BCUT2D eigenvalue weighted by atomic mass is 10.1. The molecule has 1 aliphatic rings. The van der Waals surface area contributed by atoms with Crippen LogP contribution < -0.4 is 4.74 Å². The van der Waals surface area contributed by atoms with Crippen LogP contribution in [0, 0.1) is 0 Å². The molecule has 0 N–H and O–H groups in total. The molecule has 1 aromatic rings. The third-order valence-corrected chi connectivity index (χ3v) is 4.33. The van der Waals surface area contributed by atoms with Gasteiger partial charge in [-0.1, -0.05) is 12.1 Å². The Hall–Kier alpha value is -2.24. The molecule has 132 valence electrons. The molecule has 3 amide bonds. The van der Waals surface area contributed by atoms with Gasteiger partial charge in [0.2, 0.25) is 0 Å². The molecule has 0 aromatic heterocycles. The maximum atomic E-state index is 12.7. The molecule has 6 heteroatoms. The quantitative estimate of drug-likeness (QED) is 0.849. The van der Waals surface area contributed by atoms with E-state index in [1.165, 1.54) is 0 Å². The Balaban J connectivity index is 2.00. The number of ether oxygens (including phenoxy) is 1. The molecule has 2 rings (SSSR count). The summed E-state index contributed by atoms with van der Waals surface area (Å²) in [5.74, 6) is 0.575. The van der Waals surface area contributed by atoms with Gasteiger partial charge in [0.1, 0.15) is 5.75 Å². The monoisotopic (exact) mass is 333 g/mol. The second kappa shape index (κ2) is 8.04. The van der Waals surface area contributed by atoms with Crippen LogP contribution in [0.5, 0.6) is 5.75 Å². The van der Waals surface area contributed by atoms with Gasteiger partial charge in [0.05, 0.1) is 12.2 Å². The fraction of sp³-hybridized carbons (Fsp3) is 0.556. The van der Waals surface area contributed by atoms with Gasteiger partial charge in [0.15, 0.2) is 0 Å². The molecule has 1 heterocycles. The standard InChI is InChI=1S/C18H27N3O3/c1-5-24-16-9-7-6-8-15(16)17(22)20-10-12-21(13-11-20)18(23)19(4)14(2)3/h6-9,14H,5,10-13H2,1-4H3. The number of carbonyl (C=O) groups is 2. The van der Waals surface area contributed by atoms with Crippen molar-refractivity contribution in [3.05, 3.63) is 29.8 Å². The highest BCUT2D eigenvalue weighted by molar-refractivity contribution is 5.97. The van der Waals surface area contributed by atoms with Gasteiger partial charge in [-0.05, 0) is 32.9 Å². The first-order valence-electron chi connectivity index (χ1n) is 8.48. The maximum Gasteiger partial charge on any atom is 0.320 e. The predicted molar refractivity (Wildman–Crippen MR) is 93.4 cm³/mol. The van der Waals surface area contributed by atoms with Crippen LogP contribution in [0.3, 0.4) is 0 Å². The zero-order chi connectivity index (χ0) is 17.7. The van der Waals surface area contributed by atoms with Gasteiger partial charge in [-0.2, -0.15) is 0 Å². The molecule has 0 bridgehead atoms. The molecule has 6 nitrogen and oxygen atoms in total. The van der Waals surface area contributed by atoms with E-state index < -0.39 is 0 Å². The minimum atomic E-state index is -0.0386. The number of para-hydroxylation sites is 1. The Kier molecular flexibility index (Phi) is 6.06. The number of rotatable bonds is 4. The van der Waals surface area contributed by atoms with Crippen molar-refractivity contribution in [1.82, 2.24) is 14.7 Å². The van der Waals surface area contributed by atoms with E-state index in [1.807, 2.05) is 46.0 Å². The summed E-state index contributed by atoms with van der Waals surface area (Å²) in [7, 11) is 1.81. The van der Waals surface area contributed by atoms with Crippen LogP contribution in [0.1, 0.15) is 31.1 Å². The van der Waals surface area contributed by atoms with Crippen molar-refractivity contribution in [2.75, 3.05) is 39.8 Å². The molecule has 0 unspecified atom stereocenters. The van der Waals surface area contributed by atoms with Crippen LogP contribution in [0.2, 0.25) is 0 Å². The van der Waals surface area contributed by atoms with Gasteiger partial charge in [-0.3, -0.25) is 4.79 Å². The lowest BCUT2D eigenvalue weighted by Gasteiger charge is -2.37. The Bertz CT molecular complexity index is 581. The molecular formula is C18H27N3O3. The van der Waals surface area contributed by atoms with Crippen LogP contribution in [0.15, 0.2) is 24.3 Å². The van der Waals surface area contributed by atoms with Crippen LogP contribution in [-0.2, 0) is 0 Å². The SMILES string of the molecule is CCOc1ccccc1C(=O)N1CCN(C(=O)N(C)C(C)C)CC1. The number of hydrogen-bond acceptors (Lipinski definition) is 3. The summed E-state index contributed by atoms with van der Waals surface area (Å²) >= 11 is 0. The van der Waals surface area contributed by atoms with E-state index in [0.29, 0.717) is 44.1 Å². The summed E-state index contributed by atoms with van der Waals surface area (Å²) in [5, 5.41) is 0. The molecule has 1 aromatic carbocycles. The Morgan fingerprint density at radius 2 is 1.71 bits per heavy atom. The van der Waals surface area contributed by atoms with Crippen molar-refractivity contribution >= 4 is 11.9 Å². The average Bonchev–Trinajstić information content (AvgIpc) is 2.60. The van der Waals surface area contributed by atoms with Gasteiger partial charge < -0.3 is 19.4 Å². The fourth-order valence-corrected chi connectivity index (χ4v) is 2.64. The molecular weight excluding hydrogens is 306 g/mol. The predicted octanol–water partition coefficient (Wildman–Crippen LogP) is 2.30. The first-order valence-corrected chi connectivity index (χ1v) is 8.48. The van der Waals surface area contributed by atoms with Crippen molar-refractivity contribution in [1.29, 1.82) is 0 Å². The first-order chi connectivity index (χ1) is 11.5. The topological polar surface area (TPSA) is 53.1 Å². The normalized spacial score (nSPS) is 14.7. The van der Waals surface area contributed by atoms with E-state index in [1.54, 1.807) is 20.8 Å².